The van der Waals surface area contributed by atoms with Crippen LogP contribution in [-0.2, 0) is 14.3 Å². The normalized spacial score (nSPS) is 15.7. The number of carbonyl (C=O) groups excluding carboxylic acids is 1. The Kier molecular flexibility index (Phi) is 9.36. The van der Waals surface area contributed by atoms with Crippen LogP contribution in [0.4, 0.5) is 0 Å². The zero-order valence-electron chi connectivity index (χ0n) is 13.2. The lowest BCUT2D eigenvalue weighted by molar-refractivity contribution is -0.144. The van der Waals surface area contributed by atoms with Gasteiger partial charge in [0.1, 0.15) is 0 Å². The summed E-state index contributed by atoms with van der Waals surface area (Å²) in [6.07, 6.45) is 6.96. The Balaban J connectivity index is 0.000000399. The van der Waals surface area contributed by atoms with Gasteiger partial charge in [-0.05, 0) is 25.7 Å². The molecule has 19 heavy (non-hydrogen) atoms. The molecule has 0 aliphatic heterocycles. The summed E-state index contributed by atoms with van der Waals surface area (Å²) in [5.74, 6) is 1.28. The van der Waals surface area contributed by atoms with Crippen LogP contribution in [0, 0.1) is 11.8 Å². The van der Waals surface area contributed by atoms with E-state index < -0.39 is 0 Å². The summed E-state index contributed by atoms with van der Waals surface area (Å²) in [6, 6.07) is 0. The largest absolute Gasteiger partial charge is 0.495 e. The third-order valence-electron chi connectivity index (χ3n) is 3.19. The summed E-state index contributed by atoms with van der Waals surface area (Å²) in [7, 11) is 1.39. The van der Waals surface area contributed by atoms with E-state index in [1.807, 2.05) is 0 Å². The van der Waals surface area contributed by atoms with Crippen LogP contribution in [0.3, 0.4) is 0 Å². The van der Waals surface area contributed by atoms with E-state index in [4.69, 9.17) is 4.74 Å². The maximum Gasteiger partial charge on any atom is 0.308 e. The molecule has 3 nitrogen and oxygen atoms in total. The van der Waals surface area contributed by atoms with Crippen molar-refractivity contribution in [1.82, 2.24) is 0 Å². The molecule has 0 unspecified atom stereocenters. The van der Waals surface area contributed by atoms with Gasteiger partial charge in [0.05, 0.1) is 24.9 Å². The molecule has 0 amide bonds. The van der Waals surface area contributed by atoms with E-state index in [9.17, 15) is 4.79 Å². The van der Waals surface area contributed by atoms with E-state index in [1.165, 1.54) is 39.2 Å². The molecule has 0 radical (unpaired) electrons. The minimum Gasteiger partial charge on any atom is -0.495 e. The lowest BCUT2D eigenvalue weighted by Crippen LogP contribution is -2.17. The highest BCUT2D eigenvalue weighted by Crippen LogP contribution is 2.23. The summed E-state index contributed by atoms with van der Waals surface area (Å²) < 4.78 is 10.1. The quantitative estimate of drug-likeness (QED) is 0.563. The van der Waals surface area contributed by atoms with Gasteiger partial charge in [0.15, 0.2) is 0 Å². The van der Waals surface area contributed by atoms with Crippen LogP contribution in [0.2, 0.25) is 0 Å². The second kappa shape index (κ2) is 9.88. The Bertz CT molecular complexity index is 263. The maximum absolute atomic E-state index is 10.3. The molecule has 0 bridgehead atoms. The van der Waals surface area contributed by atoms with Crippen molar-refractivity contribution in [1.29, 1.82) is 0 Å². The number of esters is 1. The molecule has 0 N–H and O–H groups in total. The number of ether oxygens (including phenoxy) is 2. The van der Waals surface area contributed by atoms with Crippen LogP contribution < -0.4 is 0 Å². The molecule has 0 aromatic heterocycles. The number of allylic oxidation sites excluding steroid dienone is 1. The number of hydrogen-bond acceptors (Lipinski definition) is 3. The first kappa shape index (κ1) is 18.0. The highest BCUT2D eigenvalue weighted by atomic mass is 16.5. The monoisotopic (exact) mass is 270 g/mol. The number of methoxy groups -OCH3 is 1. The third kappa shape index (κ3) is 8.68. The van der Waals surface area contributed by atoms with Gasteiger partial charge in [0.2, 0.25) is 0 Å². The van der Waals surface area contributed by atoms with Crippen molar-refractivity contribution >= 4 is 5.97 Å². The highest BCUT2D eigenvalue weighted by Gasteiger charge is 2.15. The van der Waals surface area contributed by atoms with Crippen molar-refractivity contribution < 1.29 is 14.3 Å². The summed E-state index contributed by atoms with van der Waals surface area (Å²) in [6.45, 7) is 11.8. The second-order valence-corrected chi connectivity index (χ2v) is 5.68. The van der Waals surface area contributed by atoms with Crippen LogP contribution in [0.25, 0.3) is 0 Å². The summed E-state index contributed by atoms with van der Waals surface area (Å²) >= 11 is 0. The predicted octanol–water partition coefficient (Wildman–Crippen LogP) is 4.32. The highest BCUT2D eigenvalue weighted by molar-refractivity contribution is 5.71. The van der Waals surface area contributed by atoms with E-state index in [0.717, 1.165) is 5.76 Å². The van der Waals surface area contributed by atoms with Crippen molar-refractivity contribution in [3.8, 4) is 0 Å². The van der Waals surface area contributed by atoms with Gasteiger partial charge in [-0.25, -0.2) is 0 Å². The lowest BCUT2D eigenvalue weighted by Gasteiger charge is -2.25. The van der Waals surface area contributed by atoms with Crippen molar-refractivity contribution in [2.24, 2.45) is 11.8 Å². The van der Waals surface area contributed by atoms with Gasteiger partial charge in [0.25, 0.3) is 0 Å². The van der Waals surface area contributed by atoms with Crippen LogP contribution in [0.5, 0.6) is 0 Å². The molecular weight excluding hydrogens is 240 g/mol. The molecule has 0 heterocycles. The predicted molar refractivity (Wildman–Crippen MR) is 78.8 cm³/mol. The summed E-state index contributed by atoms with van der Waals surface area (Å²) in [5, 5.41) is 0. The van der Waals surface area contributed by atoms with Gasteiger partial charge in [0, 0.05) is 5.92 Å². The van der Waals surface area contributed by atoms with E-state index in [-0.39, 0.29) is 11.9 Å². The minimum absolute atomic E-state index is 0.00463. The lowest BCUT2D eigenvalue weighted by atomic mass is 9.97. The fraction of sp³-hybridized carbons (Fsp3) is 0.812. The van der Waals surface area contributed by atoms with Crippen LogP contribution in [-0.4, -0.2) is 19.2 Å². The van der Waals surface area contributed by atoms with Crippen LogP contribution >= 0.6 is 0 Å². The summed E-state index contributed by atoms with van der Waals surface area (Å²) in [4.78, 5) is 10.3. The second-order valence-electron chi connectivity index (χ2n) is 5.68. The topological polar surface area (TPSA) is 35.5 Å². The molecule has 1 saturated carbocycles. The Morgan fingerprint density at radius 2 is 1.58 bits per heavy atom. The number of hydrogen-bond donors (Lipinski definition) is 0. The van der Waals surface area contributed by atoms with Gasteiger partial charge in [-0.3, -0.25) is 4.79 Å². The molecule has 0 spiro atoms. The van der Waals surface area contributed by atoms with Crippen LogP contribution in [0.15, 0.2) is 12.3 Å². The van der Waals surface area contributed by atoms with Crippen molar-refractivity contribution in [3.63, 3.8) is 0 Å². The third-order valence-corrected chi connectivity index (χ3v) is 3.19. The molecule has 0 aromatic carbocycles. The Morgan fingerprint density at radius 1 is 1.05 bits per heavy atom. The fourth-order valence-electron chi connectivity index (χ4n) is 1.77. The van der Waals surface area contributed by atoms with E-state index in [2.05, 4.69) is 25.2 Å². The molecular formula is C16H30O3. The van der Waals surface area contributed by atoms with Gasteiger partial charge >= 0.3 is 5.97 Å². The van der Waals surface area contributed by atoms with Gasteiger partial charge < -0.3 is 9.47 Å². The van der Waals surface area contributed by atoms with Crippen molar-refractivity contribution in [3.05, 3.63) is 12.3 Å². The molecule has 112 valence electrons. The smallest absolute Gasteiger partial charge is 0.308 e. The molecule has 1 aliphatic rings. The molecule has 1 rings (SSSR count). The number of rotatable bonds is 4. The van der Waals surface area contributed by atoms with Crippen molar-refractivity contribution in [2.45, 2.75) is 65.9 Å². The number of carbonyl (C=O) groups is 1. The molecule has 0 saturated heterocycles. The standard InChI is InChI=1S/C11H20O.C5H10O2/c1-9(2)10(3)12-11-7-5-4-6-8-11;1-4(2)5(6)7-3/h9,11H,3-8H2,1-2H3;4H,1-3H3. The van der Waals surface area contributed by atoms with Gasteiger partial charge in [-0.1, -0.05) is 40.7 Å². The van der Waals surface area contributed by atoms with E-state index in [0.29, 0.717) is 12.0 Å². The first-order valence-electron chi connectivity index (χ1n) is 7.31. The molecule has 0 atom stereocenters. The SMILES string of the molecule is C=C(OC1CCCCC1)C(C)C.COC(=O)C(C)C. The first-order valence-corrected chi connectivity index (χ1v) is 7.31. The Hall–Kier alpha value is -0.990. The fourth-order valence-corrected chi connectivity index (χ4v) is 1.77. The first-order chi connectivity index (χ1) is 8.88. The molecule has 3 heteroatoms. The maximum atomic E-state index is 10.3. The molecule has 1 aliphatic carbocycles. The summed E-state index contributed by atoms with van der Waals surface area (Å²) in [5.41, 5.74) is 0. The minimum atomic E-state index is -0.153. The van der Waals surface area contributed by atoms with Crippen molar-refractivity contribution in [2.75, 3.05) is 7.11 Å². The van der Waals surface area contributed by atoms with E-state index >= 15 is 0 Å². The van der Waals surface area contributed by atoms with E-state index in [1.54, 1.807) is 13.8 Å². The average Bonchev–Trinajstić information content (AvgIpc) is 2.39. The zero-order valence-corrected chi connectivity index (χ0v) is 13.2. The molecule has 1 fully saturated rings. The average molecular weight is 270 g/mol. The van der Waals surface area contributed by atoms with Crippen LogP contribution in [0.1, 0.15) is 59.8 Å². The Labute approximate surface area is 118 Å². The molecule has 0 aromatic rings. The Morgan fingerprint density at radius 3 is 1.89 bits per heavy atom. The van der Waals surface area contributed by atoms with Gasteiger partial charge in [-0.15, -0.1) is 0 Å². The van der Waals surface area contributed by atoms with Gasteiger partial charge in [-0.2, -0.15) is 0 Å². The zero-order chi connectivity index (χ0) is 14.8.